The van der Waals surface area contributed by atoms with Crippen molar-refractivity contribution >= 4 is 22.5 Å². The van der Waals surface area contributed by atoms with E-state index in [2.05, 4.69) is 22.1 Å². The highest BCUT2D eigenvalue weighted by Gasteiger charge is 2.18. The number of carbonyl (C=O) groups is 1. The molecule has 1 saturated heterocycles. The summed E-state index contributed by atoms with van der Waals surface area (Å²) in [6.45, 7) is 6.95. The first-order chi connectivity index (χ1) is 13.5. The maximum atomic E-state index is 12.7. The number of fused-ring (bicyclic) bond motifs is 3. The number of aromatic nitrogens is 3. The van der Waals surface area contributed by atoms with Crippen LogP contribution in [0.15, 0.2) is 35.1 Å². The van der Waals surface area contributed by atoms with Crippen LogP contribution in [-0.4, -0.2) is 50.7 Å². The molecular weight excluding hydrogens is 354 g/mol. The fourth-order valence-electron chi connectivity index (χ4n) is 4.24. The number of carbonyl (C=O) groups excluding carboxylic acids is 1. The molecule has 28 heavy (non-hydrogen) atoms. The molecule has 1 aliphatic rings. The predicted molar refractivity (Wildman–Crippen MR) is 110 cm³/mol. The molecule has 0 aliphatic carbocycles. The molecule has 4 rings (SSSR count). The topological polar surface area (TPSA) is 71.6 Å². The van der Waals surface area contributed by atoms with E-state index in [1.807, 2.05) is 40.4 Å². The van der Waals surface area contributed by atoms with E-state index >= 15 is 0 Å². The lowest BCUT2D eigenvalue weighted by Crippen LogP contribution is -2.43. The predicted octanol–water partition coefficient (Wildman–Crippen LogP) is 1.95. The maximum Gasteiger partial charge on any atom is 0.273 e. The van der Waals surface area contributed by atoms with Gasteiger partial charge in [-0.1, -0.05) is 18.6 Å². The second kappa shape index (κ2) is 7.75. The lowest BCUT2D eigenvalue weighted by atomic mass is 10.0. The molecule has 1 aromatic carbocycles. The summed E-state index contributed by atoms with van der Waals surface area (Å²) in [5.41, 5.74) is 1.99. The minimum atomic E-state index is -0.263. The third-order valence-electron chi connectivity index (χ3n) is 5.70. The Hall–Kier alpha value is -2.67. The number of hydrogen-bond donors (Lipinski definition) is 1. The zero-order valence-electron chi connectivity index (χ0n) is 16.5. The van der Waals surface area contributed by atoms with Crippen molar-refractivity contribution in [3.63, 3.8) is 0 Å². The highest BCUT2D eigenvalue weighted by molar-refractivity contribution is 5.93. The molecule has 1 unspecified atom stereocenters. The van der Waals surface area contributed by atoms with Crippen LogP contribution in [0.25, 0.3) is 16.6 Å². The van der Waals surface area contributed by atoms with E-state index in [1.54, 1.807) is 0 Å². The molecule has 0 saturated carbocycles. The second-order valence-corrected chi connectivity index (χ2v) is 7.68. The van der Waals surface area contributed by atoms with E-state index in [9.17, 15) is 9.59 Å². The highest BCUT2D eigenvalue weighted by atomic mass is 16.2. The van der Waals surface area contributed by atoms with Crippen LogP contribution in [0.1, 0.15) is 31.9 Å². The second-order valence-electron chi connectivity index (χ2n) is 7.68. The minimum absolute atomic E-state index is 0.0367. The van der Waals surface area contributed by atoms with Gasteiger partial charge in [0, 0.05) is 36.3 Å². The van der Waals surface area contributed by atoms with Gasteiger partial charge in [0.2, 0.25) is 5.91 Å². The molecular formula is C21H27N5O2. The molecule has 1 N–H and O–H groups in total. The largest absolute Gasteiger partial charge is 0.353 e. The lowest BCUT2D eigenvalue weighted by molar-refractivity contribution is -0.121. The average Bonchev–Trinajstić information content (AvgIpc) is 2.97. The third kappa shape index (κ3) is 3.54. The van der Waals surface area contributed by atoms with Crippen molar-refractivity contribution in [1.29, 1.82) is 0 Å². The molecule has 7 nitrogen and oxygen atoms in total. The van der Waals surface area contributed by atoms with E-state index in [0.29, 0.717) is 18.2 Å². The van der Waals surface area contributed by atoms with Gasteiger partial charge in [-0.3, -0.25) is 19.2 Å². The lowest BCUT2D eigenvalue weighted by Gasteiger charge is -2.33. The fraction of sp³-hybridized carbons (Fsp3) is 0.476. The molecule has 3 aromatic rings. The van der Waals surface area contributed by atoms with Gasteiger partial charge >= 0.3 is 0 Å². The number of piperidine rings is 1. The zero-order chi connectivity index (χ0) is 19.7. The Kier molecular flexibility index (Phi) is 5.17. The first-order valence-corrected chi connectivity index (χ1v) is 10.0. The van der Waals surface area contributed by atoms with E-state index < -0.39 is 0 Å². The van der Waals surface area contributed by atoms with E-state index in [1.165, 1.54) is 25.3 Å². The van der Waals surface area contributed by atoms with Crippen LogP contribution in [0.2, 0.25) is 0 Å². The number of para-hydroxylation sites is 1. The number of amides is 1. The molecule has 0 spiro atoms. The maximum absolute atomic E-state index is 12.7. The normalized spacial score (nSPS) is 18.0. The third-order valence-corrected chi connectivity index (χ3v) is 5.70. The van der Waals surface area contributed by atoms with Gasteiger partial charge in [0.1, 0.15) is 6.54 Å². The van der Waals surface area contributed by atoms with E-state index in [0.717, 1.165) is 29.7 Å². The number of aryl methyl sites for hydroxylation is 1. The molecule has 1 fully saturated rings. The smallest absolute Gasteiger partial charge is 0.273 e. The van der Waals surface area contributed by atoms with Gasteiger partial charge in [-0.2, -0.15) is 4.98 Å². The molecule has 0 radical (unpaired) electrons. The van der Waals surface area contributed by atoms with Gasteiger partial charge < -0.3 is 5.32 Å². The molecule has 1 atom stereocenters. The molecule has 1 amide bonds. The summed E-state index contributed by atoms with van der Waals surface area (Å²) >= 11 is 0. The Morgan fingerprint density at radius 3 is 2.93 bits per heavy atom. The zero-order valence-corrected chi connectivity index (χ0v) is 16.5. The summed E-state index contributed by atoms with van der Waals surface area (Å²) in [4.78, 5) is 31.2. The van der Waals surface area contributed by atoms with Crippen LogP contribution in [0.5, 0.6) is 0 Å². The van der Waals surface area contributed by atoms with E-state index in [4.69, 9.17) is 0 Å². The van der Waals surface area contributed by atoms with Crippen LogP contribution in [-0.2, 0) is 11.3 Å². The number of likely N-dealkylation sites (tertiary alicyclic amines) is 1. The van der Waals surface area contributed by atoms with Crippen molar-refractivity contribution in [3.8, 4) is 0 Å². The molecule has 0 bridgehead atoms. The van der Waals surface area contributed by atoms with Crippen LogP contribution in [0.4, 0.5) is 0 Å². The Morgan fingerprint density at radius 2 is 2.11 bits per heavy atom. The Morgan fingerprint density at radius 1 is 1.29 bits per heavy atom. The van der Waals surface area contributed by atoms with Crippen molar-refractivity contribution in [2.45, 2.75) is 45.7 Å². The minimum Gasteiger partial charge on any atom is -0.353 e. The summed E-state index contributed by atoms with van der Waals surface area (Å²) in [6, 6.07) is 9.83. The summed E-state index contributed by atoms with van der Waals surface area (Å²) in [7, 11) is 0. The number of hydrogen-bond acceptors (Lipinski definition) is 4. The van der Waals surface area contributed by atoms with Crippen LogP contribution < -0.4 is 10.9 Å². The first kappa shape index (κ1) is 18.7. The molecule has 7 heteroatoms. The monoisotopic (exact) mass is 381 g/mol. The first-order valence-electron chi connectivity index (χ1n) is 10.0. The van der Waals surface area contributed by atoms with Crippen LogP contribution in [0, 0.1) is 6.92 Å². The van der Waals surface area contributed by atoms with Crippen molar-refractivity contribution in [3.05, 3.63) is 46.4 Å². The summed E-state index contributed by atoms with van der Waals surface area (Å²) in [6.07, 6.45) is 3.78. The van der Waals surface area contributed by atoms with Gasteiger partial charge in [-0.05, 0) is 45.4 Å². The number of nitrogens with zero attached hydrogens (tertiary/aromatic N) is 4. The van der Waals surface area contributed by atoms with Crippen molar-refractivity contribution in [1.82, 2.24) is 24.4 Å². The van der Waals surface area contributed by atoms with E-state index in [-0.39, 0.29) is 18.0 Å². The summed E-state index contributed by atoms with van der Waals surface area (Å²) < 4.78 is 3.75. The molecule has 3 heterocycles. The van der Waals surface area contributed by atoms with Gasteiger partial charge in [0.05, 0.1) is 5.52 Å². The van der Waals surface area contributed by atoms with Gasteiger partial charge in [0.15, 0.2) is 5.65 Å². The number of rotatable bonds is 5. The van der Waals surface area contributed by atoms with Gasteiger partial charge in [-0.25, -0.2) is 4.52 Å². The number of benzene rings is 1. The van der Waals surface area contributed by atoms with Crippen molar-refractivity contribution in [2.24, 2.45) is 0 Å². The Bertz CT molecular complexity index is 1070. The Labute approximate surface area is 163 Å². The summed E-state index contributed by atoms with van der Waals surface area (Å²) in [5, 5.41) is 3.93. The SMILES string of the molecule is Cc1cc(=O)nc2c3ccccc3n(CC(=O)NCCN3CCCCC3C)n12. The number of nitrogens with one attached hydrogen (secondary N) is 1. The average molecular weight is 381 g/mol. The van der Waals surface area contributed by atoms with Gasteiger partial charge in [-0.15, -0.1) is 0 Å². The molecule has 2 aromatic heterocycles. The molecule has 1 aliphatic heterocycles. The quantitative estimate of drug-likeness (QED) is 0.733. The standard InChI is InChI=1S/C21H27N5O2/c1-15-7-5-6-11-24(15)12-10-22-20(28)14-25-18-9-4-3-8-17(18)21-23-19(27)13-16(2)26(21)25/h3-4,8-9,13,15H,5-7,10-12,14H2,1-2H3,(H,22,28). The van der Waals surface area contributed by atoms with Crippen molar-refractivity contribution < 1.29 is 4.79 Å². The Balaban J connectivity index is 1.53. The van der Waals surface area contributed by atoms with Crippen molar-refractivity contribution in [2.75, 3.05) is 19.6 Å². The molecule has 148 valence electrons. The summed E-state index contributed by atoms with van der Waals surface area (Å²) in [5.74, 6) is -0.0367. The highest BCUT2D eigenvalue weighted by Crippen LogP contribution is 2.21. The van der Waals surface area contributed by atoms with Crippen LogP contribution >= 0.6 is 0 Å². The van der Waals surface area contributed by atoms with Crippen LogP contribution in [0.3, 0.4) is 0 Å². The van der Waals surface area contributed by atoms with Gasteiger partial charge in [0.25, 0.3) is 5.56 Å². The fourth-order valence-corrected chi connectivity index (χ4v) is 4.24.